The zero-order chi connectivity index (χ0) is 21.0. The molecule has 3 aromatic carbocycles. The number of carbonyl (C=O) groups excluding carboxylic acids is 1. The second kappa shape index (κ2) is 8.26. The molecule has 3 rings (SSSR count). The lowest BCUT2D eigenvalue weighted by molar-refractivity contribution is -0.137. The number of alkyl halides is 3. The molecular weight excluding hydrogens is 381 g/mol. The standard InChI is InChI=1S/C22H19F3N2O2/c1-14-3-5-15(6-4-14)16-7-10-18(11-8-16)26-21(28)27-19-13-17(22(23,24)25)9-12-20(19)29-2/h3-13H,1-2H3,(H2,26,27,28). The van der Waals surface area contributed by atoms with Crippen LogP contribution in [0, 0.1) is 6.92 Å². The molecular formula is C22H19F3N2O2. The highest BCUT2D eigenvalue weighted by Crippen LogP contribution is 2.35. The van der Waals surface area contributed by atoms with Crippen molar-refractivity contribution in [2.24, 2.45) is 0 Å². The second-order valence-electron chi connectivity index (χ2n) is 6.44. The molecule has 2 N–H and O–H groups in total. The third-order valence-electron chi connectivity index (χ3n) is 4.30. The van der Waals surface area contributed by atoms with Crippen LogP contribution in [0.2, 0.25) is 0 Å². The number of halogens is 3. The van der Waals surface area contributed by atoms with Gasteiger partial charge >= 0.3 is 12.2 Å². The fourth-order valence-corrected chi connectivity index (χ4v) is 2.76. The highest BCUT2D eigenvalue weighted by Gasteiger charge is 2.31. The monoisotopic (exact) mass is 400 g/mol. The smallest absolute Gasteiger partial charge is 0.416 e. The van der Waals surface area contributed by atoms with Crippen molar-refractivity contribution in [3.63, 3.8) is 0 Å². The van der Waals surface area contributed by atoms with Crippen LogP contribution in [0.4, 0.5) is 29.3 Å². The van der Waals surface area contributed by atoms with Gasteiger partial charge in [0.1, 0.15) is 5.75 Å². The molecule has 0 atom stereocenters. The van der Waals surface area contributed by atoms with E-state index >= 15 is 0 Å². The topological polar surface area (TPSA) is 50.4 Å². The fraction of sp³-hybridized carbons (Fsp3) is 0.136. The molecule has 0 radical (unpaired) electrons. The third-order valence-corrected chi connectivity index (χ3v) is 4.30. The highest BCUT2D eigenvalue weighted by molar-refractivity contribution is 6.00. The number of rotatable bonds is 4. The van der Waals surface area contributed by atoms with Crippen molar-refractivity contribution in [2.45, 2.75) is 13.1 Å². The molecule has 0 fully saturated rings. The van der Waals surface area contributed by atoms with Crippen LogP contribution >= 0.6 is 0 Å². The first kappa shape index (κ1) is 20.3. The minimum Gasteiger partial charge on any atom is -0.495 e. The molecule has 0 aliphatic carbocycles. The number of nitrogens with one attached hydrogen (secondary N) is 2. The number of anilines is 2. The second-order valence-corrected chi connectivity index (χ2v) is 6.44. The SMILES string of the molecule is COc1ccc(C(F)(F)F)cc1NC(=O)Nc1ccc(-c2ccc(C)cc2)cc1. The van der Waals surface area contributed by atoms with Crippen LogP contribution in [0.3, 0.4) is 0 Å². The summed E-state index contributed by atoms with van der Waals surface area (Å²) in [5, 5.41) is 5.00. The minimum atomic E-state index is -4.52. The number of hydrogen-bond donors (Lipinski definition) is 2. The zero-order valence-corrected chi connectivity index (χ0v) is 15.8. The molecule has 0 heterocycles. The lowest BCUT2D eigenvalue weighted by Crippen LogP contribution is -2.20. The Morgan fingerprint density at radius 3 is 2.00 bits per heavy atom. The number of ether oxygens (including phenoxy) is 1. The van der Waals surface area contributed by atoms with E-state index in [0.717, 1.165) is 34.9 Å². The molecule has 0 saturated carbocycles. The molecule has 150 valence electrons. The van der Waals surface area contributed by atoms with E-state index in [1.165, 1.54) is 7.11 Å². The van der Waals surface area contributed by atoms with Crippen LogP contribution in [0.15, 0.2) is 66.7 Å². The summed E-state index contributed by atoms with van der Waals surface area (Å²) >= 11 is 0. The highest BCUT2D eigenvalue weighted by atomic mass is 19.4. The van der Waals surface area contributed by atoms with Gasteiger partial charge in [-0.1, -0.05) is 42.0 Å². The van der Waals surface area contributed by atoms with E-state index in [2.05, 4.69) is 10.6 Å². The fourth-order valence-electron chi connectivity index (χ4n) is 2.76. The molecule has 0 aliphatic heterocycles. The van der Waals surface area contributed by atoms with Gasteiger partial charge in [0.25, 0.3) is 0 Å². The van der Waals surface area contributed by atoms with E-state index in [4.69, 9.17) is 4.74 Å². The number of benzene rings is 3. The van der Waals surface area contributed by atoms with E-state index in [1.54, 1.807) is 12.1 Å². The van der Waals surface area contributed by atoms with Gasteiger partial charge in [0, 0.05) is 5.69 Å². The van der Waals surface area contributed by atoms with E-state index in [1.807, 2.05) is 43.3 Å². The summed E-state index contributed by atoms with van der Waals surface area (Å²) < 4.78 is 43.8. The molecule has 29 heavy (non-hydrogen) atoms. The predicted molar refractivity (Wildman–Crippen MR) is 107 cm³/mol. The Kier molecular flexibility index (Phi) is 5.77. The first-order chi connectivity index (χ1) is 13.8. The van der Waals surface area contributed by atoms with Crippen molar-refractivity contribution < 1.29 is 22.7 Å². The Morgan fingerprint density at radius 2 is 1.45 bits per heavy atom. The Morgan fingerprint density at radius 1 is 0.862 bits per heavy atom. The number of aryl methyl sites for hydroxylation is 1. The van der Waals surface area contributed by atoms with Gasteiger partial charge in [-0.05, 0) is 48.4 Å². The van der Waals surface area contributed by atoms with Crippen molar-refractivity contribution in [2.75, 3.05) is 17.7 Å². The van der Waals surface area contributed by atoms with Crippen molar-refractivity contribution >= 4 is 17.4 Å². The van der Waals surface area contributed by atoms with Crippen LogP contribution in [-0.2, 0) is 6.18 Å². The average Bonchev–Trinajstić information content (AvgIpc) is 2.68. The number of hydrogen-bond acceptors (Lipinski definition) is 2. The quantitative estimate of drug-likeness (QED) is 0.537. The van der Waals surface area contributed by atoms with Gasteiger partial charge < -0.3 is 15.4 Å². The van der Waals surface area contributed by atoms with Gasteiger partial charge in [0.05, 0.1) is 18.4 Å². The summed E-state index contributed by atoms with van der Waals surface area (Å²) in [7, 11) is 1.31. The van der Waals surface area contributed by atoms with Gasteiger partial charge in [-0.25, -0.2) is 4.79 Å². The molecule has 0 bridgehead atoms. The maximum atomic E-state index is 12.9. The van der Waals surface area contributed by atoms with Crippen molar-refractivity contribution in [1.82, 2.24) is 0 Å². The van der Waals surface area contributed by atoms with Gasteiger partial charge in [-0.3, -0.25) is 0 Å². The molecule has 0 aromatic heterocycles. The molecule has 7 heteroatoms. The summed E-state index contributed by atoms with van der Waals surface area (Å²) in [6.45, 7) is 2.01. The summed E-state index contributed by atoms with van der Waals surface area (Å²) in [4.78, 5) is 12.2. The van der Waals surface area contributed by atoms with E-state index in [0.29, 0.717) is 5.69 Å². The first-order valence-corrected chi connectivity index (χ1v) is 8.76. The molecule has 3 aromatic rings. The van der Waals surface area contributed by atoms with E-state index in [-0.39, 0.29) is 11.4 Å². The van der Waals surface area contributed by atoms with Gasteiger partial charge in [0.2, 0.25) is 0 Å². The van der Waals surface area contributed by atoms with Crippen LogP contribution in [-0.4, -0.2) is 13.1 Å². The molecule has 0 spiro atoms. The van der Waals surface area contributed by atoms with Gasteiger partial charge in [0.15, 0.2) is 0 Å². The summed E-state index contributed by atoms with van der Waals surface area (Å²) in [6.07, 6.45) is -4.52. The molecule has 0 aliphatic rings. The number of carbonyl (C=O) groups is 1. The molecule has 0 unspecified atom stereocenters. The van der Waals surface area contributed by atoms with Crippen molar-refractivity contribution in [3.05, 3.63) is 77.9 Å². The number of amides is 2. The van der Waals surface area contributed by atoms with Crippen molar-refractivity contribution in [3.8, 4) is 16.9 Å². The van der Waals surface area contributed by atoms with Gasteiger partial charge in [-0.2, -0.15) is 13.2 Å². The Hall–Kier alpha value is -3.48. The number of methoxy groups -OCH3 is 1. The van der Waals surface area contributed by atoms with Crippen LogP contribution in [0.5, 0.6) is 5.75 Å². The lowest BCUT2D eigenvalue weighted by atomic mass is 10.0. The maximum absolute atomic E-state index is 12.9. The largest absolute Gasteiger partial charge is 0.495 e. The molecule has 2 amide bonds. The molecule has 0 saturated heterocycles. The third kappa shape index (κ3) is 5.07. The Labute approximate surface area is 166 Å². The first-order valence-electron chi connectivity index (χ1n) is 8.76. The average molecular weight is 400 g/mol. The van der Waals surface area contributed by atoms with Crippen molar-refractivity contribution in [1.29, 1.82) is 0 Å². The predicted octanol–water partition coefficient (Wildman–Crippen LogP) is 6.33. The maximum Gasteiger partial charge on any atom is 0.416 e. The molecule has 4 nitrogen and oxygen atoms in total. The van der Waals surface area contributed by atoms with Crippen LogP contribution in [0.1, 0.15) is 11.1 Å². The lowest BCUT2D eigenvalue weighted by Gasteiger charge is -2.14. The minimum absolute atomic E-state index is 0.0731. The van der Waals surface area contributed by atoms with Crippen LogP contribution < -0.4 is 15.4 Å². The zero-order valence-electron chi connectivity index (χ0n) is 15.8. The Balaban J connectivity index is 1.71. The summed E-state index contributed by atoms with van der Waals surface area (Å²) in [5.74, 6) is 0.128. The van der Waals surface area contributed by atoms with E-state index < -0.39 is 17.8 Å². The van der Waals surface area contributed by atoms with E-state index in [9.17, 15) is 18.0 Å². The summed E-state index contributed by atoms with van der Waals surface area (Å²) in [6, 6.07) is 17.4. The summed E-state index contributed by atoms with van der Waals surface area (Å²) in [5.41, 5.74) is 2.74. The normalized spacial score (nSPS) is 11.1. The number of urea groups is 1. The van der Waals surface area contributed by atoms with Crippen LogP contribution in [0.25, 0.3) is 11.1 Å². The Bertz CT molecular complexity index is 998. The van der Waals surface area contributed by atoms with Gasteiger partial charge in [-0.15, -0.1) is 0 Å².